The van der Waals surface area contributed by atoms with E-state index < -0.39 is 0 Å². The summed E-state index contributed by atoms with van der Waals surface area (Å²) < 4.78 is 0. The smallest absolute Gasteiger partial charge is 0.0389 e. The Morgan fingerprint density at radius 1 is 1.10 bits per heavy atom. The van der Waals surface area contributed by atoms with Crippen molar-refractivity contribution in [3.05, 3.63) is 6.42 Å². The van der Waals surface area contributed by atoms with E-state index in [1.165, 1.54) is 6.42 Å². The van der Waals surface area contributed by atoms with E-state index in [4.69, 9.17) is 0 Å². The molecule has 0 aromatic carbocycles. The Labute approximate surface area is 66.0 Å². The molecular formula is C10H21. The van der Waals surface area contributed by atoms with Crippen LogP contribution < -0.4 is 0 Å². The molecule has 0 fully saturated rings. The van der Waals surface area contributed by atoms with Gasteiger partial charge in [-0.2, -0.15) is 0 Å². The summed E-state index contributed by atoms with van der Waals surface area (Å²) in [6.45, 7) is 11.4. The van der Waals surface area contributed by atoms with Crippen LogP contribution in [0.4, 0.5) is 0 Å². The maximum atomic E-state index is 2.34. The van der Waals surface area contributed by atoms with Crippen molar-refractivity contribution in [1.82, 2.24) is 0 Å². The van der Waals surface area contributed by atoms with E-state index in [-0.39, 0.29) is 0 Å². The molecule has 0 aliphatic heterocycles. The quantitative estimate of drug-likeness (QED) is 0.562. The monoisotopic (exact) mass is 141 g/mol. The Morgan fingerprint density at radius 3 is 1.90 bits per heavy atom. The predicted molar refractivity (Wildman–Crippen MR) is 47.8 cm³/mol. The molecule has 0 aromatic rings. The number of hydrogen-bond acceptors (Lipinski definition) is 0. The maximum Gasteiger partial charge on any atom is -0.0389 e. The summed E-state index contributed by atoms with van der Waals surface area (Å²) in [4.78, 5) is 0. The molecule has 0 heterocycles. The van der Waals surface area contributed by atoms with Crippen LogP contribution in [0.25, 0.3) is 0 Å². The van der Waals surface area contributed by atoms with Gasteiger partial charge in [-0.3, -0.25) is 0 Å². The molecule has 10 heavy (non-hydrogen) atoms. The lowest BCUT2D eigenvalue weighted by Crippen LogP contribution is -2.08. The van der Waals surface area contributed by atoms with Crippen LogP contribution in [0.2, 0.25) is 0 Å². The van der Waals surface area contributed by atoms with Crippen molar-refractivity contribution in [3.8, 4) is 0 Å². The van der Waals surface area contributed by atoms with Gasteiger partial charge in [0, 0.05) is 0 Å². The van der Waals surface area contributed by atoms with Crippen LogP contribution in [0.15, 0.2) is 0 Å². The summed E-state index contributed by atoms with van der Waals surface area (Å²) in [5.74, 6) is 2.49. The second-order valence-corrected chi connectivity index (χ2v) is 3.77. The van der Waals surface area contributed by atoms with E-state index in [1.807, 2.05) is 0 Å². The van der Waals surface area contributed by atoms with Gasteiger partial charge in [0.15, 0.2) is 0 Å². The average Bonchev–Trinajstić information content (AvgIpc) is 1.87. The normalized spacial score (nSPS) is 17.4. The Bertz CT molecular complexity index is 74.1. The Kier molecular flexibility index (Phi) is 4.76. The van der Waals surface area contributed by atoms with Crippen LogP contribution >= 0.6 is 0 Å². The molecule has 0 aliphatic carbocycles. The standard InChI is InChI=1S/C10H21/c1-6-9(4)7-10(5)8(2)3/h6,8-10H,7H2,1-5H3. The van der Waals surface area contributed by atoms with Gasteiger partial charge in [0.1, 0.15) is 0 Å². The minimum Gasteiger partial charge on any atom is -0.0625 e. The molecule has 0 bridgehead atoms. The summed E-state index contributed by atoms with van der Waals surface area (Å²) in [6.07, 6.45) is 3.63. The molecule has 0 aliphatic rings. The maximum absolute atomic E-state index is 2.34. The zero-order valence-electron chi connectivity index (χ0n) is 8.02. The molecule has 0 nitrogen and oxygen atoms in total. The van der Waals surface area contributed by atoms with Crippen molar-refractivity contribution in [2.24, 2.45) is 17.8 Å². The molecule has 0 aromatic heterocycles. The summed E-state index contributed by atoms with van der Waals surface area (Å²) in [5.41, 5.74) is 0. The molecule has 0 N–H and O–H groups in total. The van der Waals surface area contributed by atoms with Crippen LogP contribution in [-0.2, 0) is 0 Å². The number of rotatable bonds is 4. The highest BCUT2D eigenvalue weighted by molar-refractivity contribution is 4.70. The first-order chi connectivity index (χ1) is 4.57. The molecule has 0 heteroatoms. The van der Waals surface area contributed by atoms with E-state index >= 15 is 0 Å². The van der Waals surface area contributed by atoms with Crippen molar-refractivity contribution in [3.63, 3.8) is 0 Å². The summed E-state index contributed by atoms with van der Waals surface area (Å²) >= 11 is 0. The second-order valence-electron chi connectivity index (χ2n) is 3.77. The van der Waals surface area contributed by atoms with Gasteiger partial charge in [0.25, 0.3) is 0 Å². The lowest BCUT2D eigenvalue weighted by Gasteiger charge is -2.18. The molecule has 0 saturated heterocycles. The van der Waals surface area contributed by atoms with E-state index in [0.717, 1.165) is 17.8 Å². The van der Waals surface area contributed by atoms with E-state index in [0.29, 0.717) is 0 Å². The van der Waals surface area contributed by atoms with Crippen molar-refractivity contribution in [2.75, 3.05) is 0 Å². The van der Waals surface area contributed by atoms with E-state index in [1.54, 1.807) is 0 Å². The Morgan fingerprint density at radius 2 is 1.60 bits per heavy atom. The van der Waals surface area contributed by atoms with Crippen LogP contribution in [0.3, 0.4) is 0 Å². The fraction of sp³-hybridized carbons (Fsp3) is 0.900. The first-order valence-electron chi connectivity index (χ1n) is 4.37. The third-order valence-electron chi connectivity index (χ3n) is 2.45. The molecule has 61 valence electrons. The summed E-state index contributed by atoms with van der Waals surface area (Å²) in [7, 11) is 0. The molecule has 2 unspecified atom stereocenters. The van der Waals surface area contributed by atoms with Crippen LogP contribution in [0.5, 0.6) is 0 Å². The molecule has 0 rings (SSSR count). The van der Waals surface area contributed by atoms with Gasteiger partial charge in [0.05, 0.1) is 0 Å². The highest BCUT2D eigenvalue weighted by atomic mass is 14.2. The zero-order valence-corrected chi connectivity index (χ0v) is 8.02. The van der Waals surface area contributed by atoms with Crippen molar-refractivity contribution < 1.29 is 0 Å². The van der Waals surface area contributed by atoms with Gasteiger partial charge < -0.3 is 0 Å². The zero-order chi connectivity index (χ0) is 8.15. The van der Waals surface area contributed by atoms with Gasteiger partial charge >= 0.3 is 0 Å². The minimum atomic E-state index is 0.789. The lowest BCUT2D eigenvalue weighted by atomic mass is 9.88. The van der Waals surface area contributed by atoms with Gasteiger partial charge in [-0.15, -0.1) is 0 Å². The van der Waals surface area contributed by atoms with Crippen LogP contribution in [-0.4, -0.2) is 0 Å². The van der Waals surface area contributed by atoms with Crippen molar-refractivity contribution in [2.45, 2.75) is 41.0 Å². The van der Waals surface area contributed by atoms with Gasteiger partial charge in [-0.25, -0.2) is 0 Å². The van der Waals surface area contributed by atoms with Crippen LogP contribution in [0.1, 0.15) is 41.0 Å². The molecule has 0 amide bonds. The van der Waals surface area contributed by atoms with Gasteiger partial charge in [-0.05, 0) is 30.6 Å². The van der Waals surface area contributed by atoms with Gasteiger partial charge in [0.2, 0.25) is 0 Å². The van der Waals surface area contributed by atoms with E-state index in [2.05, 4.69) is 41.0 Å². The fourth-order valence-electron chi connectivity index (χ4n) is 0.995. The third kappa shape index (κ3) is 3.92. The minimum absolute atomic E-state index is 0.789. The Hall–Kier alpha value is 0. The predicted octanol–water partition coefficient (Wildman–Crippen LogP) is 3.53. The van der Waals surface area contributed by atoms with Crippen LogP contribution in [0, 0.1) is 24.2 Å². The molecule has 0 saturated carbocycles. The van der Waals surface area contributed by atoms with Gasteiger partial charge in [-0.1, -0.05) is 34.6 Å². The molecule has 2 atom stereocenters. The third-order valence-corrected chi connectivity index (χ3v) is 2.45. The molecule has 0 spiro atoms. The second kappa shape index (κ2) is 4.76. The first kappa shape index (κ1) is 10.0. The topological polar surface area (TPSA) is 0 Å². The Balaban J connectivity index is 3.46. The summed E-state index contributed by atoms with van der Waals surface area (Å²) in [6, 6.07) is 0. The first-order valence-corrected chi connectivity index (χ1v) is 4.37. The lowest BCUT2D eigenvalue weighted by molar-refractivity contribution is 0.350. The SMILES string of the molecule is C[CH]C(C)CC(C)C(C)C. The van der Waals surface area contributed by atoms with Crippen molar-refractivity contribution >= 4 is 0 Å². The fourth-order valence-corrected chi connectivity index (χ4v) is 0.995. The number of hydrogen-bond donors (Lipinski definition) is 0. The van der Waals surface area contributed by atoms with Crippen molar-refractivity contribution in [1.29, 1.82) is 0 Å². The largest absolute Gasteiger partial charge is 0.0625 e. The highest BCUT2D eigenvalue weighted by Crippen LogP contribution is 2.20. The van der Waals surface area contributed by atoms with E-state index in [9.17, 15) is 0 Å². The molecule has 1 radical (unpaired) electrons. The average molecular weight is 141 g/mol. The highest BCUT2D eigenvalue weighted by Gasteiger charge is 2.09. The molecular weight excluding hydrogens is 120 g/mol. The summed E-state index contributed by atoms with van der Waals surface area (Å²) in [5, 5.41) is 0.